The Bertz CT molecular complexity index is 265. The van der Waals surface area contributed by atoms with E-state index in [1.807, 2.05) is 0 Å². The Hall–Kier alpha value is 0.650. The van der Waals surface area contributed by atoms with E-state index in [4.69, 9.17) is 16.7 Å². The molecule has 1 aliphatic rings. The lowest BCUT2D eigenvalue weighted by Gasteiger charge is -2.18. The number of carboxylic acid groups (broad SMARTS) is 1. The van der Waals surface area contributed by atoms with Gasteiger partial charge in [-0.3, -0.25) is 4.79 Å². The molecular weight excluding hydrogens is 342 g/mol. The van der Waals surface area contributed by atoms with Crippen LogP contribution in [0.2, 0.25) is 0 Å². The predicted molar refractivity (Wildman–Crippen MR) is 59.7 cm³/mol. The van der Waals surface area contributed by atoms with Gasteiger partial charge in [-0.25, -0.2) is 4.39 Å². The molecule has 0 aromatic rings. The second-order valence-electron chi connectivity index (χ2n) is 4.11. The molecule has 0 amide bonds. The first-order chi connectivity index (χ1) is 6.10. The molecule has 0 radical (unpaired) electrons. The van der Waals surface area contributed by atoms with Crippen LogP contribution in [0.15, 0.2) is 0 Å². The van der Waals surface area contributed by atoms with E-state index in [2.05, 4.69) is 31.9 Å². The van der Waals surface area contributed by atoms with Crippen molar-refractivity contribution >= 4 is 49.4 Å². The topological polar surface area (TPSA) is 37.3 Å². The summed E-state index contributed by atoms with van der Waals surface area (Å²) in [6, 6.07) is 0. The highest BCUT2D eigenvalue weighted by Gasteiger charge is 2.67. The van der Waals surface area contributed by atoms with Gasteiger partial charge in [0, 0.05) is 0 Å². The van der Waals surface area contributed by atoms with Gasteiger partial charge in [0.05, 0.1) is 10.7 Å². The highest BCUT2D eigenvalue weighted by Crippen LogP contribution is 2.64. The van der Waals surface area contributed by atoms with Gasteiger partial charge >= 0.3 is 5.97 Å². The average molecular weight is 352 g/mol. The molecule has 1 N–H and O–H groups in total. The van der Waals surface area contributed by atoms with Crippen LogP contribution in [0.5, 0.6) is 0 Å². The fraction of sp³-hybridized carbons (Fsp3) is 0.875. The summed E-state index contributed by atoms with van der Waals surface area (Å²) < 4.78 is 11.2. The van der Waals surface area contributed by atoms with E-state index in [0.717, 1.165) is 0 Å². The van der Waals surface area contributed by atoms with E-state index in [1.165, 1.54) is 0 Å². The second kappa shape index (κ2) is 3.59. The molecule has 0 aromatic carbocycles. The normalized spacial score (nSPS) is 35.9. The van der Waals surface area contributed by atoms with Gasteiger partial charge in [-0.2, -0.15) is 0 Å². The van der Waals surface area contributed by atoms with E-state index in [1.54, 1.807) is 13.8 Å². The lowest BCUT2D eigenvalue weighted by molar-refractivity contribution is -0.139. The number of rotatable bonds is 3. The van der Waals surface area contributed by atoms with E-state index in [0.29, 0.717) is 0 Å². The first-order valence-electron chi connectivity index (χ1n) is 4.03. The standard InChI is InChI=1S/C8H10Br2ClFO2/c1-7(2)3(4(7)6(13)14)5(9)8(10,11)12/h3-5H,1-2H3,(H,13,14)/t3-,4-,5-,8-/m0/s1. The van der Waals surface area contributed by atoms with Crippen molar-refractivity contribution in [3.8, 4) is 0 Å². The summed E-state index contributed by atoms with van der Waals surface area (Å²) in [5.41, 5.74) is -0.417. The maximum atomic E-state index is 13.3. The molecular formula is C8H10Br2ClFO2. The zero-order valence-electron chi connectivity index (χ0n) is 7.60. The maximum Gasteiger partial charge on any atom is 0.307 e. The Morgan fingerprint density at radius 1 is 1.71 bits per heavy atom. The second-order valence-corrected chi connectivity index (χ2v) is 7.25. The Balaban J connectivity index is 2.79. The molecule has 1 rings (SSSR count). The summed E-state index contributed by atoms with van der Waals surface area (Å²) >= 11 is 11.2. The zero-order chi connectivity index (χ0) is 11.3. The third kappa shape index (κ3) is 2.09. The van der Waals surface area contributed by atoms with Crippen molar-refractivity contribution in [2.45, 2.75) is 22.7 Å². The van der Waals surface area contributed by atoms with Gasteiger partial charge in [0.2, 0.25) is 4.04 Å². The Morgan fingerprint density at radius 2 is 2.14 bits per heavy atom. The van der Waals surface area contributed by atoms with Crippen molar-refractivity contribution in [3.05, 3.63) is 0 Å². The van der Waals surface area contributed by atoms with Crippen molar-refractivity contribution < 1.29 is 14.3 Å². The molecule has 1 fully saturated rings. The zero-order valence-corrected chi connectivity index (χ0v) is 11.5. The van der Waals surface area contributed by atoms with Crippen LogP contribution in [-0.2, 0) is 4.79 Å². The third-order valence-electron chi connectivity index (χ3n) is 2.80. The molecule has 1 aliphatic carbocycles. The van der Waals surface area contributed by atoms with Crippen molar-refractivity contribution in [3.63, 3.8) is 0 Å². The lowest BCUT2D eigenvalue weighted by Crippen LogP contribution is -2.24. The Labute approximate surface area is 103 Å². The van der Waals surface area contributed by atoms with Crippen molar-refractivity contribution in [1.29, 1.82) is 0 Å². The van der Waals surface area contributed by atoms with Crippen LogP contribution in [0.4, 0.5) is 4.39 Å². The summed E-state index contributed by atoms with van der Waals surface area (Å²) in [5, 5.41) is 8.87. The quantitative estimate of drug-likeness (QED) is 0.791. The number of alkyl halides is 4. The third-order valence-corrected chi connectivity index (χ3v) is 5.61. The number of carbonyl (C=O) groups is 1. The molecule has 0 bridgehead atoms. The fourth-order valence-electron chi connectivity index (χ4n) is 1.90. The molecule has 0 aromatic heterocycles. The SMILES string of the molecule is CC1(C)[C@H]([C@H](Br)[C@@](F)(Cl)Br)[C@H]1C(=O)O. The summed E-state index contributed by atoms with van der Waals surface area (Å²) in [6.45, 7) is 3.58. The van der Waals surface area contributed by atoms with Crippen LogP contribution in [0, 0.1) is 17.3 Å². The molecule has 82 valence electrons. The van der Waals surface area contributed by atoms with E-state index in [9.17, 15) is 9.18 Å². The van der Waals surface area contributed by atoms with Gasteiger partial charge in [0.25, 0.3) is 0 Å². The highest BCUT2D eigenvalue weighted by atomic mass is 79.9. The first-order valence-corrected chi connectivity index (χ1v) is 6.12. The minimum atomic E-state index is -2.10. The monoisotopic (exact) mass is 350 g/mol. The largest absolute Gasteiger partial charge is 0.481 e. The average Bonchev–Trinajstić information content (AvgIpc) is 2.49. The molecule has 0 spiro atoms. The van der Waals surface area contributed by atoms with Crippen LogP contribution in [0.25, 0.3) is 0 Å². The van der Waals surface area contributed by atoms with Crippen molar-refractivity contribution in [2.24, 2.45) is 17.3 Å². The van der Waals surface area contributed by atoms with E-state index in [-0.39, 0.29) is 5.92 Å². The minimum Gasteiger partial charge on any atom is -0.481 e. The minimum absolute atomic E-state index is 0.304. The van der Waals surface area contributed by atoms with E-state index >= 15 is 0 Å². The summed E-state index contributed by atoms with van der Waals surface area (Å²) in [6.07, 6.45) is 0. The molecule has 14 heavy (non-hydrogen) atoms. The van der Waals surface area contributed by atoms with Crippen LogP contribution < -0.4 is 0 Å². The van der Waals surface area contributed by atoms with Crippen molar-refractivity contribution in [1.82, 2.24) is 0 Å². The lowest BCUT2D eigenvalue weighted by atomic mass is 10.1. The van der Waals surface area contributed by atoms with Gasteiger partial charge in [-0.1, -0.05) is 41.4 Å². The smallest absolute Gasteiger partial charge is 0.307 e. The molecule has 0 saturated heterocycles. The Morgan fingerprint density at radius 3 is 2.36 bits per heavy atom. The van der Waals surface area contributed by atoms with Gasteiger partial charge in [0.15, 0.2) is 0 Å². The van der Waals surface area contributed by atoms with Crippen molar-refractivity contribution in [2.75, 3.05) is 0 Å². The molecule has 1 saturated carbocycles. The number of hydrogen-bond donors (Lipinski definition) is 1. The predicted octanol–water partition coefficient (Wildman–Crippen LogP) is 3.36. The number of hydrogen-bond acceptors (Lipinski definition) is 1. The molecule has 0 unspecified atom stereocenters. The molecule has 4 atom stereocenters. The molecule has 6 heteroatoms. The maximum absolute atomic E-state index is 13.3. The molecule has 0 heterocycles. The first kappa shape index (κ1) is 12.7. The molecule has 0 aliphatic heterocycles. The van der Waals surface area contributed by atoms with Gasteiger partial charge < -0.3 is 5.11 Å². The number of halogens is 4. The fourth-order valence-corrected chi connectivity index (χ4v) is 3.31. The van der Waals surface area contributed by atoms with Gasteiger partial charge in [-0.15, -0.1) is 0 Å². The molecule has 2 nitrogen and oxygen atoms in total. The number of aliphatic carboxylic acids is 1. The summed E-state index contributed by atoms with van der Waals surface area (Å²) in [5.74, 6) is -1.75. The highest BCUT2D eigenvalue weighted by molar-refractivity contribution is 9.13. The number of carboxylic acids is 1. The van der Waals surface area contributed by atoms with Crippen LogP contribution in [0.3, 0.4) is 0 Å². The van der Waals surface area contributed by atoms with E-state index < -0.39 is 26.2 Å². The summed E-state index contributed by atoms with van der Waals surface area (Å²) in [7, 11) is 0. The van der Waals surface area contributed by atoms with Gasteiger partial charge in [-0.05, 0) is 27.3 Å². The summed E-state index contributed by atoms with van der Waals surface area (Å²) in [4.78, 5) is 10.1. The Kier molecular flexibility index (Phi) is 3.27. The van der Waals surface area contributed by atoms with Crippen LogP contribution in [0.1, 0.15) is 13.8 Å². The van der Waals surface area contributed by atoms with Crippen LogP contribution >= 0.6 is 43.5 Å². The van der Waals surface area contributed by atoms with Gasteiger partial charge in [0.1, 0.15) is 0 Å². The van der Waals surface area contributed by atoms with Crippen LogP contribution in [-0.4, -0.2) is 19.9 Å².